The average Bonchev–Trinajstić information content (AvgIpc) is 3.30. The summed E-state index contributed by atoms with van der Waals surface area (Å²) in [6.07, 6.45) is 7.70. The molecule has 10 heteroatoms. The zero-order valence-corrected chi connectivity index (χ0v) is 15.7. The van der Waals surface area contributed by atoms with Crippen molar-refractivity contribution >= 4 is 23.1 Å². The molecule has 0 aliphatic heterocycles. The van der Waals surface area contributed by atoms with E-state index in [1.165, 1.54) is 29.2 Å². The van der Waals surface area contributed by atoms with Gasteiger partial charge in [0.15, 0.2) is 5.82 Å². The molecule has 0 bridgehead atoms. The molecule has 4 rings (SSSR count). The number of nitrogens with two attached hydrogens (primary N) is 1. The largest absolute Gasteiger partial charge is 0.382 e. The monoisotopic (exact) mass is 404 g/mol. The molecule has 4 aromatic rings. The number of nitrogens with zero attached hydrogens (tertiary/aromatic N) is 5. The Morgan fingerprint density at radius 1 is 1.10 bits per heavy atom. The first-order chi connectivity index (χ1) is 14.6. The number of halogens is 1. The van der Waals surface area contributed by atoms with Crippen LogP contribution in [-0.2, 0) is 6.54 Å². The minimum absolute atomic E-state index is 0.123. The molecule has 0 spiro atoms. The Morgan fingerprint density at radius 3 is 2.73 bits per heavy atom. The number of anilines is 3. The molecule has 0 aliphatic carbocycles. The fourth-order valence-electron chi connectivity index (χ4n) is 2.70. The summed E-state index contributed by atoms with van der Waals surface area (Å²) in [7, 11) is 0. The van der Waals surface area contributed by atoms with Crippen LogP contribution in [0.3, 0.4) is 0 Å². The van der Waals surface area contributed by atoms with Gasteiger partial charge in [-0.05, 0) is 36.4 Å². The van der Waals surface area contributed by atoms with Gasteiger partial charge < -0.3 is 16.4 Å². The molecule has 0 fully saturated rings. The molecule has 9 nitrogen and oxygen atoms in total. The molecule has 1 amide bonds. The maximum Gasteiger partial charge on any atom is 0.275 e. The van der Waals surface area contributed by atoms with Crippen molar-refractivity contribution in [1.82, 2.24) is 24.7 Å². The van der Waals surface area contributed by atoms with Gasteiger partial charge in [-0.15, -0.1) is 0 Å². The highest BCUT2D eigenvalue weighted by atomic mass is 19.1. The van der Waals surface area contributed by atoms with Crippen LogP contribution >= 0.6 is 0 Å². The summed E-state index contributed by atoms with van der Waals surface area (Å²) in [6.45, 7) is 0.170. The third-order valence-electron chi connectivity index (χ3n) is 4.22. The van der Waals surface area contributed by atoms with Crippen molar-refractivity contribution in [2.75, 3.05) is 16.4 Å². The number of benzene rings is 1. The second-order valence-electron chi connectivity index (χ2n) is 6.26. The van der Waals surface area contributed by atoms with Crippen LogP contribution in [-0.4, -0.2) is 30.6 Å². The third kappa shape index (κ3) is 4.22. The summed E-state index contributed by atoms with van der Waals surface area (Å²) in [5.74, 6) is -0.0660. The molecule has 150 valence electrons. The highest BCUT2D eigenvalue weighted by Gasteiger charge is 2.11. The van der Waals surface area contributed by atoms with E-state index < -0.39 is 11.7 Å². The summed E-state index contributed by atoms with van der Waals surface area (Å²) in [5, 5.41) is 9.78. The van der Waals surface area contributed by atoms with Gasteiger partial charge in [0.25, 0.3) is 5.91 Å². The Hall–Kier alpha value is -4.34. The maximum absolute atomic E-state index is 14.2. The fraction of sp³-hybridized carbons (Fsp3) is 0.0500. The van der Waals surface area contributed by atoms with E-state index in [9.17, 15) is 9.18 Å². The van der Waals surface area contributed by atoms with Crippen molar-refractivity contribution in [2.45, 2.75) is 6.54 Å². The molecule has 0 atom stereocenters. The van der Waals surface area contributed by atoms with Gasteiger partial charge in [0.2, 0.25) is 0 Å². The quantitative estimate of drug-likeness (QED) is 0.451. The summed E-state index contributed by atoms with van der Waals surface area (Å²) in [5.41, 5.74) is 7.29. The van der Waals surface area contributed by atoms with E-state index in [0.29, 0.717) is 28.6 Å². The number of carbonyl (C=O) groups excluding carboxylic acids is 1. The highest BCUT2D eigenvalue weighted by molar-refractivity contribution is 6.02. The van der Waals surface area contributed by atoms with Gasteiger partial charge in [-0.1, -0.05) is 0 Å². The predicted molar refractivity (Wildman–Crippen MR) is 109 cm³/mol. The first kappa shape index (κ1) is 19.0. The topological polar surface area (TPSA) is 124 Å². The van der Waals surface area contributed by atoms with Gasteiger partial charge >= 0.3 is 0 Å². The minimum Gasteiger partial charge on any atom is -0.382 e. The van der Waals surface area contributed by atoms with E-state index in [1.807, 2.05) is 0 Å². The van der Waals surface area contributed by atoms with E-state index in [2.05, 4.69) is 30.7 Å². The van der Waals surface area contributed by atoms with Crippen molar-refractivity contribution < 1.29 is 9.18 Å². The summed E-state index contributed by atoms with van der Waals surface area (Å²) in [4.78, 5) is 24.7. The Kier molecular flexibility index (Phi) is 5.29. The van der Waals surface area contributed by atoms with Crippen LogP contribution in [0.15, 0.2) is 67.4 Å². The number of pyridine rings is 1. The van der Waals surface area contributed by atoms with Crippen LogP contribution in [0.1, 0.15) is 16.1 Å². The lowest BCUT2D eigenvalue weighted by molar-refractivity contribution is 0.102. The number of amides is 1. The van der Waals surface area contributed by atoms with Crippen LogP contribution in [0.25, 0.3) is 5.82 Å². The number of nitrogen functional groups attached to an aromatic ring is 1. The summed E-state index contributed by atoms with van der Waals surface area (Å²) in [6, 6.07) is 9.53. The van der Waals surface area contributed by atoms with E-state index in [4.69, 9.17) is 5.73 Å². The number of nitrogens with one attached hydrogen (secondary N) is 2. The predicted octanol–water partition coefficient (Wildman–Crippen LogP) is 2.64. The van der Waals surface area contributed by atoms with Crippen LogP contribution in [0, 0.1) is 5.82 Å². The number of carbonyl (C=O) groups is 1. The normalized spacial score (nSPS) is 10.6. The first-order valence-electron chi connectivity index (χ1n) is 8.96. The molecule has 0 saturated carbocycles. The lowest BCUT2D eigenvalue weighted by Crippen LogP contribution is -2.15. The first-order valence-corrected chi connectivity index (χ1v) is 8.96. The summed E-state index contributed by atoms with van der Waals surface area (Å²) >= 11 is 0. The molecule has 1 aromatic carbocycles. The van der Waals surface area contributed by atoms with Crippen LogP contribution < -0.4 is 16.4 Å². The van der Waals surface area contributed by atoms with Crippen molar-refractivity contribution in [1.29, 1.82) is 0 Å². The van der Waals surface area contributed by atoms with Crippen molar-refractivity contribution in [2.24, 2.45) is 0 Å². The van der Waals surface area contributed by atoms with Gasteiger partial charge in [-0.2, -0.15) is 5.10 Å². The zero-order valence-electron chi connectivity index (χ0n) is 15.7. The van der Waals surface area contributed by atoms with Crippen molar-refractivity contribution in [3.05, 3.63) is 84.5 Å². The Bertz CT molecular complexity index is 1160. The lowest BCUT2D eigenvalue weighted by Gasteiger charge is -2.11. The standard InChI is InChI=1S/C20H17FN8O/c21-15-5-4-14(9-13(15)10-24-16-3-1-6-23-19(16)22)28-20(30)17-11-26-18(12-25-17)29-8-2-7-27-29/h1-9,11-12,24H,10H2,(H2,22,23)(H,28,30). The zero-order chi connectivity index (χ0) is 20.9. The Labute approximate surface area is 170 Å². The molecule has 0 saturated heterocycles. The van der Waals surface area contributed by atoms with Gasteiger partial charge in [0, 0.05) is 36.4 Å². The third-order valence-corrected chi connectivity index (χ3v) is 4.22. The number of hydrogen-bond acceptors (Lipinski definition) is 7. The molecule has 0 radical (unpaired) electrons. The van der Waals surface area contributed by atoms with Crippen molar-refractivity contribution in [3.8, 4) is 5.82 Å². The second kappa shape index (κ2) is 8.35. The minimum atomic E-state index is -0.462. The molecule has 4 N–H and O–H groups in total. The van der Waals surface area contributed by atoms with E-state index in [1.54, 1.807) is 42.9 Å². The van der Waals surface area contributed by atoms with Gasteiger partial charge in [0.1, 0.15) is 17.3 Å². The van der Waals surface area contributed by atoms with E-state index in [0.717, 1.165) is 0 Å². The number of hydrogen-bond donors (Lipinski definition) is 3. The molecular weight excluding hydrogens is 387 g/mol. The number of rotatable bonds is 6. The van der Waals surface area contributed by atoms with Crippen LogP contribution in [0.5, 0.6) is 0 Å². The molecule has 0 unspecified atom stereocenters. The van der Waals surface area contributed by atoms with E-state index in [-0.39, 0.29) is 12.2 Å². The number of aromatic nitrogens is 5. The highest BCUT2D eigenvalue weighted by Crippen LogP contribution is 2.19. The van der Waals surface area contributed by atoms with Gasteiger partial charge in [-0.25, -0.2) is 24.0 Å². The molecule has 3 aromatic heterocycles. The Balaban J connectivity index is 1.44. The second-order valence-corrected chi connectivity index (χ2v) is 6.26. The van der Waals surface area contributed by atoms with Crippen molar-refractivity contribution in [3.63, 3.8) is 0 Å². The Morgan fingerprint density at radius 2 is 2.00 bits per heavy atom. The lowest BCUT2D eigenvalue weighted by atomic mass is 10.1. The molecule has 0 aliphatic rings. The smallest absolute Gasteiger partial charge is 0.275 e. The maximum atomic E-state index is 14.2. The van der Waals surface area contributed by atoms with Gasteiger partial charge in [0.05, 0.1) is 18.1 Å². The molecule has 3 heterocycles. The fourth-order valence-corrected chi connectivity index (χ4v) is 2.70. The average molecular weight is 404 g/mol. The molecule has 30 heavy (non-hydrogen) atoms. The van der Waals surface area contributed by atoms with E-state index >= 15 is 0 Å². The van der Waals surface area contributed by atoms with Crippen LogP contribution in [0.2, 0.25) is 0 Å². The SMILES string of the molecule is Nc1ncccc1NCc1cc(NC(=O)c2cnc(-n3cccn3)cn2)ccc1F. The molecular formula is C20H17FN8O. The van der Waals surface area contributed by atoms with Crippen LogP contribution in [0.4, 0.5) is 21.6 Å². The van der Waals surface area contributed by atoms with Gasteiger partial charge in [-0.3, -0.25) is 4.79 Å². The summed E-state index contributed by atoms with van der Waals surface area (Å²) < 4.78 is 15.7.